The fraction of sp³-hybridized carbons (Fsp3) is 0.211. The summed E-state index contributed by atoms with van der Waals surface area (Å²) in [6.45, 7) is 0. The van der Waals surface area contributed by atoms with Gasteiger partial charge in [-0.3, -0.25) is 4.79 Å². The minimum absolute atomic E-state index is 0.0687. The van der Waals surface area contributed by atoms with Crippen LogP contribution < -0.4 is 5.32 Å². The number of nitrogens with zero attached hydrogens (tertiary/aromatic N) is 3. The van der Waals surface area contributed by atoms with Crippen LogP contribution in [0.3, 0.4) is 0 Å². The predicted molar refractivity (Wildman–Crippen MR) is 90.9 cm³/mol. The van der Waals surface area contributed by atoms with Crippen LogP contribution in [0.25, 0.3) is 0 Å². The summed E-state index contributed by atoms with van der Waals surface area (Å²) < 4.78 is 7.35. The molecule has 124 valence electrons. The number of aromatic nitrogens is 3. The van der Waals surface area contributed by atoms with Crippen molar-refractivity contribution in [2.75, 3.05) is 5.32 Å². The molecule has 0 fully saturated rings. The number of furan rings is 1. The van der Waals surface area contributed by atoms with Crippen LogP contribution in [0.5, 0.6) is 0 Å². The molecule has 1 aliphatic carbocycles. The monoisotopic (exact) mass is 332 g/mol. The van der Waals surface area contributed by atoms with Crippen molar-refractivity contribution >= 4 is 11.7 Å². The van der Waals surface area contributed by atoms with Crippen molar-refractivity contribution < 1.29 is 9.21 Å². The van der Waals surface area contributed by atoms with Gasteiger partial charge in [0.25, 0.3) is 0 Å². The van der Waals surface area contributed by atoms with Gasteiger partial charge in [-0.2, -0.15) is 10.1 Å². The quantitative estimate of drug-likeness (QED) is 0.780. The average Bonchev–Trinajstić information content (AvgIpc) is 3.32. The summed E-state index contributed by atoms with van der Waals surface area (Å²) in [4.78, 5) is 17.3. The molecule has 1 aromatic carbocycles. The van der Waals surface area contributed by atoms with Crippen molar-refractivity contribution in [3.63, 3.8) is 0 Å². The molecule has 6 nitrogen and oxygen atoms in total. The molecule has 2 aliphatic rings. The minimum atomic E-state index is -0.333. The normalized spacial score (nSPS) is 24.9. The summed E-state index contributed by atoms with van der Waals surface area (Å²) in [5.74, 6) is 1.27. The maximum absolute atomic E-state index is 13.1. The second-order valence-electron chi connectivity index (χ2n) is 6.40. The van der Waals surface area contributed by atoms with Gasteiger partial charge in [-0.25, -0.2) is 4.68 Å². The number of Topliss-reactive ketones (excluding diaryl/α,β-unsaturated/α-hetero) is 1. The lowest BCUT2D eigenvalue weighted by Gasteiger charge is -2.36. The Morgan fingerprint density at radius 1 is 1.16 bits per heavy atom. The number of benzene rings is 1. The van der Waals surface area contributed by atoms with Crippen LogP contribution in [-0.2, 0) is 4.79 Å². The number of ketones is 1. The Labute approximate surface area is 144 Å². The molecule has 3 aromatic rings. The first-order valence-corrected chi connectivity index (χ1v) is 8.30. The first-order chi connectivity index (χ1) is 12.3. The summed E-state index contributed by atoms with van der Waals surface area (Å²) in [5, 5.41) is 7.59. The molecular formula is C19H16N4O2. The lowest BCUT2D eigenvalue weighted by Crippen LogP contribution is -2.39. The number of carbonyl (C=O) groups excluding carboxylic acids is 1. The highest BCUT2D eigenvalue weighted by atomic mass is 16.3. The van der Waals surface area contributed by atoms with E-state index in [0.717, 1.165) is 17.0 Å². The lowest BCUT2D eigenvalue weighted by molar-refractivity contribution is -0.123. The van der Waals surface area contributed by atoms with E-state index < -0.39 is 0 Å². The SMILES string of the molecule is O=C1C[C@@H](c2ccccc2)C=C2Nc3ncnn3[C@H](c3ccco3)[C@@H]12. The van der Waals surface area contributed by atoms with Gasteiger partial charge >= 0.3 is 0 Å². The van der Waals surface area contributed by atoms with E-state index in [2.05, 4.69) is 33.6 Å². The Balaban J connectivity index is 1.62. The number of anilines is 1. The highest BCUT2D eigenvalue weighted by Gasteiger charge is 2.44. The minimum Gasteiger partial charge on any atom is -0.467 e. The Morgan fingerprint density at radius 3 is 2.84 bits per heavy atom. The predicted octanol–water partition coefficient (Wildman–Crippen LogP) is 3.14. The molecule has 3 heterocycles. The Morgan fingerprint density at radius 2 is 2.04 bits per heavy atom. The number of nitrogens with one attached hydrogen (secondary N) is 1. The van der Waals surface area contributed by atoms with E-state index in [1.54, 1.807) is 10.9 Å². The zero-order chi connectivity index (χ0) is 16.8. The maximum Gasteiger partial charge on any atom is 0.226 e. The number of carbonyl (C=O) groups is 1. The summed E-state index contributed by atoms with van der Waals surface area (Å²) in [6.07, 6.45) is 5.74. The lowest BCUT2D eigenvalue weighted by atomic mass is 9.77. The summed E-state index contributed by atoms with van der Waals surface area (Å²) in [6, 6.07) is 13.5. The molecule has 0 spiro atoms. The van der Waals surface area contributed by atoms with Crippen LogP contribution in [0.15, 0.2) is 71.2 Å². The molecule has 5 rings (SSSR count). The number of rotatable bonds is 2. The van der Waals surface area contributed by atoms with Crippen LogP contribution >= 0.6 is 0 Å². The third kappa shape index (κ3) is 2.21. The van der Waals surface area contributed by atoms with Crippen LogP contribution in [0.2, 0.25) is 0 Å². The van der Waals surface area contributed by atoms with Crippen molar-refractivity contribution in [1.29, 1.82) is 0 Å². The van der Waals surface area contributed by atoms with Gasteiger partial charge in [0.15, 0.2) is 0 Å². The van der Waals surface area contributed by atoms with Crippen LogP contribution in [0, 0.1) is 5.92 Å². The number of fused-ring (bicyclic) bond motifs is 2. The topological polar surface area (TPSA) is 73.0 Å². The van der Waals surface area contributed by atoms with Crippen LogP contribution in [-0.4, -0.2) is 20.5 Å². The van der Waals surface area contributed by atoms with Crippen LogP contribution in [0.4, 0.5) is 5.95 Å². The highest BCUT2D eigenvalue weighted by Crippen LogP contribution is 2.43. The van der Waals surface area contributed by atoms with E-state index in [-0.39, 0.29) is 23.7 Å². The van der Waals surface area contributed by atoms with E-state index in [1.807, 2.05) is 30.3 Å². The van der Waals surface area contributed by atoms with Crippen LogP contribution in [0.1, 0.15) is 29.7 Å². The van der Waals surface area contributed by atoms with Crippen molar-refractivity contribution in [3.05, 3.63) is 78.2 Å². The molecule has 6 heteroatoms. The third-order valence-corrected chi connectivity index (χ3v) is 4.95. The van der Waals surface area contributed by atoms with Gasteiger partial charge in [0.2, 0.25) is 5.95 Å². The fourth-order valence-electron chi connectivity index (χ4n) is 3.83. The first kappa shape index (κ1) is 14.2. The van der Waals surface area contributed by atoms with E-state index in [0.29, 0.717) is 12.4 Å². The molecule has 0 saturated heterocycles. The van der Waals surface area contributed by atoms with Gasteiger partial charge in [-0.1, -0.05) is 36.4 Å². The van der Waals surface area contributed by atoms with Gasteiger partial charge < -0.3 is 9.73 Å². The van der Waals surface area contributed by atoms with Gasteiger partial charge in [0.1, 0.15) is 23.9 Å². The van der Waals surface area contributed by atoms with E-state index in [9.17, 15) is 4.79 Å². The van der Waals surface area contributed by atoms with Crippen molar-refractivity contribution in [2.24, 2.45) is 5.92 Å². The molecule has 0 radical (unpaired) electrons. The summed E-state index contributed by atoms with van der Waals surface area (Å²) in [7, 11) is 0. The van der Waals surface area contributed by atoms with E-state index in [4.69, 9.17) is 4.42 Å². The summed E-state index contributed by atoms with van der Waals surface area (Å²) in [5.41, 5.74) is 2.03. The molecular weight excluding hydrogens is 316 g/mol. The van der Waals surface area contributed by atoms with E-state index in [1.165, 1.54) is 6.33 Å². The second-order valence-corrected chi connectivity index (χ2v) is 6.40. The Bertz CT molecular complexity index is 943. The van der Waals surface area contributed by atoms with Gasteiger partial charge in [0.05, 0.1) is 12.2 Å². The zero-order valence-electron chi connectivity index (χ0n) is 13.4. The highest BCUT2D eigenvalue weighted by molar-refractivity contribution is 5.88. The molecule has 1 N–H and O–H groups in total. The molecule has 25 heavy (non-hydrogen) atoms. The standard InChI is InChI=1S/C19H16N4O2/c24-15-10-13(12-5-2-1-3-6-12)9-14-17(15)18(16-7-4-8-25-16)23-19(22-14)20-11-21-23/h1-9,11,13,17-18H,10H2,(H,20,21,22)/t13-,17+,18+/m0/s1. The second kappa shape index (κ2) is 5.44. The van der Waals surface area contributed by atoms with Crippen molar-refractivity contribution in [3.8, 4) is 0 Å². The van der Waals surface area contributed by atoms with Gasteiger partial charge in [-0.15, -0.1) is 0 Å². The molecule has 3 atom stereocenters. The smallest absolute Gasteiger partial charge is 0.226 e. The number of hydrogen-bond donors (Lipinski definition) is 1. The zero-order valence-corrected chi connectivity index (χ0v) is 13.4. The number of allylic oxidation sites excluding steroid dienone is 2. The molecule has 0 bridgehead atoms. The Kier molecular flexibility index (Phi) is 3.09. The average molecular weight is 332 g/mol. The van der Waals surface area contributed by atoms with Crippen molar-refractivity contribution in [2.45, 2.75) is 18.4 Å². The summed E-state index contributed by atoms with van der Waals surface area (Å²) >= 11 is 0. The maximum atomic E-state index is 13.1. The Hall–Kier alpha value is -3.15. The first-order valence-electron chi connectivity index (χ1n) is 8.30. The number of hydrogen-bond acceptors (Lipinski definition) is 5. The van der Waals surface area contributed by atoms with Gasteiger partial charge in [0, 0.05) is 18.0 Å². The molecule has 0 saturated carbocycles. The van der Waals surface area contributed by atoms with E-state index >= 15 is 0 Å². The molecule has 2 aromatic heterocycles. The third-order valence-electron chi connectivity index (χ3n) is 4.95. The van der Waals surface area contributed by atoms with Gasteiger partial charge in [-0.05, 0) is 17.7 Å². The fourth-order valence-corrected chi connectivity index (χ4v) is 3.83. The van der Waals surface area contributed by atoms with Crippen molar-refractivity contribution in [1.82, 2.24) is 14.8 Å². The largest absolute Gasteiger partial charge is 0.467 e. The molecule has 0 amide bonds. The molecule has 1 aliphatic heterocycles. The molecule has 0 unspecified atom stereocenters.